The summed E-state index contributed by atoms with van der Waals surface area (Å²) in [6, 6.07) is 10.5. The second kappa shape index (κ2) is 3.81. The van der Waals surface area contributed by atoms with E-state index in [2.05, 4.69) is 9.97 Å². The van der Waals surface area contributed by atoms with Crippen LogP contribution >= 0.6 is 0 Å². The summed E-state index contributed by atoms with van der Waals surface area (Å²) in [7, 11) is 0. The predicted octanol–water partition coefficient (Wildman–Crippen LogP) is 2.52. The molecule has 0 saturated carbocycles. The lowest BCUT2D eigenvalue weighted by Crippen LogP contribution is -2.01. The Hall–Kier alpha value is -2.88. The Morgan fingerprint density at radius 3 is 1.55 bits per heavy atom. The monoisotopic (exact) mass is 262 g/mol. The van der Waals surface area contributed by atoms with E-state index >= 15 is 0 Å². The number of fused-ring (bicyclic) bond motifs is 3. The highest BCUT2D eigenvalue weighted by Gasteiger charge is 2.05. The summed E-state index contributed by atoms with van der Waals surface area (Å²) >= 11 is 0. The highest BCUT2D eigenvalue weighted by atomic mass is 16.1. The largest absolute Gasteiger partial charge is 0.361 e. The first-order chi connectivity index (χ1) is 9.72. The van der Waals surface area contributed by atoms with Crippen LogP contribution in [0.25, 0.3) is 32.6 Å². The first-order valence-corrected chi connectivity index (χ1v) is 6.29. The number of rotatable bonds is 0. The molecule has 4 aromatic rings. The van der Waals surface area contributed by atoms with Gasteiger partial charge in [-0.1, -0.05) is 0 Å². The van der Waals surface area contributed by atoms with Crippen LogP contribution in [0.3, 0.4) is 0 Å². The van der Waals surface area contributed by atoms with Gasteiger partial charge in [0.1, 0.15) is 0 Å². The van der Waals surface area contributed by atoms with Crippen LogP contribution in [-0.2, 0) is 0 Å². The molecular weight excluding hydrogens is 252 g/mol. The van der Waals surface area contributed by atoms with Crippen LogP contribution in [0.15, 0.2) is 58.4 Å². The highest BCUT2D eigenvalue weighted by Crippen LogP contribution is 2.23. The molecule has 0 amide bonds. The number of nitrogens with one attached hydrogen (secondary N) is 2. The van der Waals surface area contributed by atoms with E-state index in [9.17, 15) is 9.59 Å². The van der Waals surface area contributed by atoms with Gasteiger partial charge in [-0.05, 0) is 35.0 Å². The third-order valence-corrected chi connectivity index (χ3v) is 3.59. The van der Waals surface area contributed by atoms with Gasteiger partial charge in [0, 0.05) is 46.3 Å². The minimum atomic E-state index is -0.0118. The van der Waals surface area contributed by atoms with E-state index in [4.69, 9.17) is 0 Å². The molecule has 4 nitrogen and oxygen atoms in total. The van der Waals surface area contributed by atoms with Crippen molar-refractivity contribution in [2.45, 2.75) is 0 Å². The van der Waals surface area contributed by atoms with Gasteiger partial charge in [-0.15, -0.1) is 0 Å². The maximum atomic E-state index is 11.9. The van der Waals surface area contributed by atoms with Crippen molar-refractivity contribution in [3.05, 3.63) is 69.2 Å². The zero-order chi connectivity index (χ0) is 13.7. The number of aromatic nitrogens is 2. The zero-order valence-electron chi connectivity index (χ0n) is 10.4. The fourth-order valence-corrected chi connectivity index (χ4v) is 2.59. The third-order valence-electron chi connectivity index (χ3n) is 3.59. The number of pyridine rings is 2. The Morgan fingerprint density at radius 1 is 0.650 bits per heavy atom. The number of hydrogen-bond acceptors (Lipinski definition) is 2. The molecule has 0 radical (unpaired) electrons. The van der Waals surface area contributed by atoms with Gasteiger partial charge in [-0.3, -0.25) is 9.59 Å². The second-order valence-corrected chi connectivity index (χ2v) is 4.83. The molecule has 0 fully saturated rings. The van der Waals surface area contributed by atoms with E-state index in [1.54, 1.807) is 12.4 Å². The van der Waals surface area contributed by atoms with Gasteiger partial charge in [0.05, 0.1) is 0 Å². The predicted molar refractivity (Wildman–Crippen MR) is 80.2 cm³/mol. The molecule has 2 N–H and O–H groups in total. The van der Waals surface area contributed by atoms with Crippen LogP contribution in [0.5, 0.6) is 0 Å². The average Bonchev–Trinajstić information content (AvgIpc) is 2.45. The van der Waals surface area contributed by atoms with Crippen molar-refractivity contribution in [1.82, 2.24) is 9.97 Å². The highest BCUT2D eigenvalue weighted by molar-refractivity contribution is 6.02. The molecule has 4 rings (SSSR count). The third kappa shape index (κ3) is 1.48. The molecule has 0 aliphatic rings. The maximum Gasteiger partial charge on any atom is 0.189 e. The normalized spacial score (nSPS) is 11.4. The first-order valence-electron chi connectivity index (χ1n) is 6.29. The fourth-order valence-electron chi connectivity index (χ4n) is 2.59. The van der Waals surface area contributed by atoms with E-state index < -0.39 is 0 Å². The molecule has 0 saturated heterocycles. The lowest BCUT2D eigenvalue weighted by Gasteiger charge is -2.04. The smallest absolute Gasteiger partial charge is 0.189 e. The molecule has 0 unspecified atom stereocenters. The number of aromatic amines is 2. The van der Waals surface area contributed by atoms with Crippen molar-refractivity contribution in [2.24, 2.45) is 0 Å². The van der Waals surface area contributed by atoms with Crippen molar-refractivity contribution in [3.8, 4) is 0 Å². The van der Waals surface area contributed by atoms with Crippen LogP contribution in [-0.4, -0.2) is 9.97 Å². The van der Waals surface area contributed by atoms with Crippen molar-refractivity contribution < 1.29 is 0 Å². The minimum Gasteiger partial charge on any atom is -0.361 e. The summed E-state index contributed by atoms with van der Waals surface area (Å²) in [6.07, 6.45) is 3.26. The Bertz CT molecular complexity index is 1000. The van der Waals surface area contributed by atoms with Crippen LogP contribution < -0.4 is 10.9 Å². The number of H-pyrrole nitrogens is 2. The van der Waals surface area contributed by atoms with Gasteiger partial charge in [-0.2, -0.15) is 0 Å². The number of benzene rings is 2. The van der Waals surface area contributed by atoms with E-state index in [1.165, 1.54) is 12.1 Å². The van der Waals surface area contributed by atoms with E-state index in [0.29, 0.717) is 10.8 Å². The summed E-state index contributed by atoms with van der Waals surface area (Å²) in [5, 5.41) is 3.17. The van der Waals surface area contributed by atoms with Crippen molar-refractivity contribution in [2.75, 3.05) is 0 Å². The minimum absolute atomic E-state index is 0.0118. The van der Waals surface area contributed by atoms with Crippen LogP contribution in [0, 0.1) is 0 Å². The molecular formula is C16H10N2O2. The number of hydrogen-bond donors (Lipinski definition) is 2. The Kier molecular flexibility index (Phi) is 2.09. The molecule has 0 aliphatic heterocycles. The van der Waals surface area contributed by atoms with Crippen molar-refractivity contribution >= 4 is 32.6 Å². The lowest BCUT2D eigenvalue weighted by atomic mass is 10.0. The molecule has 2 heterocycles. The molecule has 0 atom stereocenters. The van der Waals surface area contributed by atoms with Gasteiger partial charge in [0.25, 0.3) is 0 Å². The molecule has 96 valence electrons. The van der Waals surface area contributed by atoms with Crippen LogP contribution in [0.2, 0.25) is 0 Å². The van der Waals surface area contributed by atoms with E-state index in [0.717, 1.165) is 21.8 Å². The molecule has 4 heteroatoms. The molecule has 20 heavy (non-hydrogen) atoms. The molecule has 2 aromatic heterocycles. The Morgan fingerprint density at radius 2 is 1.10 bits per heavy atom. The molecule has 2 aromatic carbocycles. The van der Waals surface area contributed by atoms with Gasteiger partial charge in [-0.25, -0.2) is 0 Å². The quantitative estimate of drug-likeness (QED) is 0.478. The van der Waals surface area contributed by atoms with Gasteiger partial charge in [0.15, 0.2) is 10.9 Å². The van der Waals surface area contributed by atoms with Gasteiger partial charge >= 0.3 is 0 Å². The van der Waals surface area contributed by atoms with Gasteiger partial charge in [0.2, 0.25) is 0 Å². The Labute approximate surface area is 112 Å². The summed E-state index contributed by atoms with van der Waals surface area (Å²) in [6.45, 7) is 0. The second-order valence-electron chi connectivity index (χ2n) is 4.83. The van der Waals surface area contributed by atoms with E-state index in [1.807, 2.05) is 24.3 Å². The zero-order valence-corrected chi connectivity index (χ0v) is 10.4. The molecule has 0 spiro atoms. The fraction of sp³-hybridized carbons (Fsp3) is 0. The summed E-state index contributed by atoms with van der Waals surface area (Å²) in [5.41, 5.74) is 1.53. The van der Waals surface area contributed by atoms with E-state index in [-0.39, 0.29) is 10.9 Å². The van der Waals surface area contributed by atoms with Crippen LogP contribution in [0.1, 0.15) is 0 Å². The Balaban J connectivity index is 2.26. The van der Waals surface area contributed by atoms with Crippen molar-refractivity contribution in [1.29, 1.82) is 0 Å². The topological polar surface area (TPSA) is 65.7 Å². The molecule has 0 aliphatic carbocycles. The maximum absolute atomic E-state index is 11.9. The first kappa shape index (κ1) is 11.0. The van der Waals surface area contributed by atoms with Gasteiger partial charge < -0.3 is 9.97 Å². The SMILES string of the molecule is O=c1cc[nH]c2cc3cc4c(=O)cc[nH]c4cc3cc12. The van der Waals surface area contributed by atoms with Crippen molar-refractivity contribution in [3.63, 3.8) is 0 Å². The average molecular weight is 262 g/mol. The lowest BCUT2D eigenvalue weighted by molar-refractivity contribution is 1.39. The summed E-state index contributed by atoms with van der Waals surface area (Å²) in [5.74, 6) is 0. The standard InChI is InChI=1S/C16H10N2O2/c19-15-1-3-17-13-7-10-6-12-14(18-4-2-16(12)20)8-9(10)5-11(13)15/h1-8H,(H,17,19)(H,18,20). The van der Waals surface area contributed by atoms with Crippen LogP contribution in [0.4, 0.5) is 0 Å². The summed E-state index contributed by atoms with van der Waals surface area (Å²) < 4.78 is 0. The molecule has 0 bridgehead atoms. The summed E-state index contributed by atoms with van der Waals surface area (Å²) in [4.78, 5) is 29.8.